The third-order valence-corrected chi connectivity index (χ3v) is 3.73. The maximum atomic E-state index is 11.4. The average Bonchev–Trinajstić information content (AvgIpc) is 2.83. The number of nitrogens with one attached hydrogen (secondary N) is 1. The van der Waals surface area contributed by atoms with Crippen molar-refractivity contribution >= 4 is 21.9 Å². The van der Waals surface area contributed by atoms with Crippen LogP contribution in [-0.4, -0.2) is 55.1 Å². The standard InChI is InChI=1S/C8H14N2O5S/c1-10(16(2,14)15)5-6(11)9-8(3-4-8)7(12)13/h3-5H2,1-2H3,(H,9,11)(H,12,13). The summed E-state index contributed by atoms with van der Waals surface area (Å²) in [7, 11) is -2.17. The molecule has 2 N–H and O–H groups in total. The molecule has 0 radical (unpaired) electrons. The largest absolute Gasteiger partial charge is 0.480 e. The Hall–Kier alpha value is -1.15. The molecule has 1 rings (SSSR count). The molecule has 1 amide bonds. The first-order valence-electron chi connectivity index (χ1n) is 4.63. The van der Waals surface area contributed by atoms with Gasteiger partial charge in [0.2, 0.25) is 15.9 Å². The van der Waals surface area contributed by atoms with Crippen molar-refractivity contribution < 1.29 is 23.1 Å². The van der Waals surface area contributed by atoms with Crippen molar-refractivity contribution in [3.8, 4) is 0 Å². The first-order chi connectivity index (χ1) is 7.17. The van der Waals surface area contributed by atoms with Crippen molar-refractivity contribution in [2.45, 2.75) is 18.4 Å². The Morgan fingerprint density at radius 1 is 1.44 bits per heavy atom. The van der Waals surface area contributed by atoms with Crippen LogP contribution in [0.5, 0.6) is 0 Å². The summed E-state index contributed by atoms with van der Waals surface area (Å²) in [4.78, 5) is 22.1. The van der Waals surface area contributed by atoms with E-state index in [2.05, 4.69) is 5.32 Å². The quantitative estimate of drug-likeness (QED) is 0.625. The summed E-state index contributed by atoms with van der Waals surface area (Å²) in [6.07, 6.45) is 1.75. The predicted molar refractivity (Wildman–Crippen MR) is 55.2 cm³/mol. The van der Waals surface area contributed by atoms with E-state index in [1.807, 2.05) is 0 Å². The fraction of sp³-hybridized carbons (Fsp3) is 0.750. The molecule has 0 aromatic rings. The second kappa shape index (κ2) is 4.02. The molecule has 0 unspecified atom stereocenters. The predicted octanol–water partition coefficient (Wildman–Crippen LogP) is -1.39. The molecular formula is C8H14N2O5S. The number of carbonyl (C=O) groups excluding carboxylic acids is 1. The zero-order valence-electron chi connectivity index (χ0n) is 9.06. The average molecular weight is 250 g/mol. The van der Waals surface area contributed by atoms with Crippen LogP contribution in [0, 0.1) is 0 Å². The lowest BCUT2D eigenvalue weighted by molar-refractivity contribution is -0.143. The van der Waals surface area contributed by atoms with Crippen LogP contribution in [0.1, 0.15) is 12.8 Å². The number of carbonyl (C=O) groups is 2. The number of amides is 1. The number of rotatable bonds is 5. The van der Waals surface area contributed by atoms with Gasteiger partial charge >= 0.3 is 5.97 Å². The third-order valence-electron chi connectivity index (χ3n) is 2.47. The minimum atomic E-state index is -3.43. The van der Waals surface area contributed by atoms with E-state index in [9.17, 15) is 18.0 Å². The molecule has 1 aliphatic carbocycles. The number of sulfonamides is 1. The fourth-order valence-electron chi connectivity index (χ4n) is 1.14. The van der Waals surface area contributed by atoms with Crippen molar-refractivity contribution in [1.82, 2.24) is 9.62 Å². The van der Waals surface area contributed by atoms with Gasteiger partial charge in [-0.3, -0.25) is 4.79 Å². The van der Waals surface area contributed by atoms with Gasteiger partial charge < -0.3 is 10.4 Å². The van der Waals surface area contributed by atoms with Gasteiger partial charge in [-0.05, 0) is 12.8 Å². The first kappa shape index (κ1) is 12.9. The van der Waals surface area contributed by atoms with Crippen LogP contribution in [0.25, 0.3) is 0 Å². The molecule has 0 saturated heterocycles. The van der Waals surface area contributed by atoms with Crippen molar-refractivity contribution in [2.75, 3.05) is 19.8 Å². The Kier molecular flexibility index (Phi) is 3.25. The summed E-state index contributed by atoms with van der Waals surface area (Å²) in [6, 6.07) is 0. The highest BCUT2D eigenvalue weighted by molar-refractivity contribution is 7.88. The molecule has 7 nitrogen and oxygen atoms in total. The van der Waals surface area contributed by atoms with Gasteiger partial charge in [0.15, 0.2) is 0 Å². The van der Waals surface area contributed by atoms with Crippen LogP contribution < -0.4 is 5.32 Å². The van der Waals surface area contributed by atoms with Gasteiger partial charge in [-0.2, -0.15) is 4.31 Å². The number of nitrogens with zero attached hydrogens (tertiary/aromatic N) is 1. The molecule has 0 aromatic heterocycles. The Bertz CT molecular complexity index is 412. The highest BCUT2D eigenvalue weighted by Crippen LogP contribution is 2.35. The summed E-state index contributed by atoms with van der Waals surface area (Å²) in [5.74, 6) is -1.68. The fourth-order valence-corrected chi connectivity index (χ4v) is 1.49. The molecule has 0 aliphatic heterocycles. The summed E-state index contributed by atoms with van der Waals surface area (Å²) in [5.41, 5.74) is -1.17. The summed E-state index contributed by atoms with van der Waals surface area (Å²) < 4.78 is 22.9. The second-order valence-electron chi connectivity index (χ2n) is 3.95. The minimum Gasteiger partial charge on any atom is -0.480 e. The molecule has 92 valence electrons. The van der Waals surface area contributed by atoms with Gasteiger partial charge in [0.1, 0.15) is 5.54 Å². The molecule has 0 spiro atoms. The van der Waals surface area contributed by atoms with E-state index in [0.717, 1.165) is 10.6 Å². The lowest BCUT2D eigenvalue weighted by Gasteiger charge is -2.16. The molecule has 0 aromatic carbocycles. The normalized spacial score (nSPS) is 18.2. The number of hydrogen-bond acceptors (Lipinski definition) is 4. The van der Waals surface area contributed by atoms with E-state index in [0.29, 0.717) is 12.8 Å². The number of likely N-dealkylation sites (N-methyl/N-ethyl adjacent to an activating group) is 1. The highest BCUT2D eigenvalue weighted by atomic mass is 32.2. The Balaban J connectivity index is 2.53. The van der Waals surface area contributed by atoms with Gasteiger partial charge in [-0.25, -0.2) is 13.2 Å². The number of hydrogen-bond donors (Lipinski definition) is 2. The van der Waals surface area contributed by atoms with Gasteiger partial charge in [-0.15, -0.1) is 0 Å². The van der Waals surface area contributed by atoms with Crippen LogP contribution in [0.4, 0.5) is 0 Å². The molecule has 16 heavy (non-hydrogen) atoms. The number of carboxylic acids is 1. The molecule has 1 saturated carbocycles. The molecule has 0 atom stereocenters. The summed E-state index contributed by atoms with van der Waals surface area (Å²) in [6.45, 7) is -0.367. The SMILES string of the molecule is CN(CC(=O)NC1(C(=O)O)CC1)S(C)(=O)=O. The van der Waals surface area contributed by atoms with E-state index >= 15 is 0 Å². The summed E-state index contributed by atoms with van der Waals surface area (Å²) in [5, 5.41) is 11.1. The zero-order chi connectivity index (χ0) is 12.6. The Morgan fingerprint density at radius 2 is 1.94 bits per heavy atom. The van der Waals surface area contributed by atoms with Crippen molar-refractivity contribution in [3.05, 3.63) is 0 Å². The van der Waals surface area contributed by atoms with Crippen LogP contribution >= 0.6 is 0 Å². The van der Waals surface area contributed by atoms with Gasteiger partial charge in [0.05, 0.1) is 12.8 Å². The first-order valence-corrected chi connectivity index (χ1v) is 6.48. The van der Waals surface area contributed by atoms with E-state index in [1.165, 1.54) is 7.05 Å². The molecule has 1 aliphatic rings. The van der Waals surface area contributed by atoms with Crippen LogP contribution in [0.3, 0.4) is 0 Å². The third kappa shape index (κ3) is 2.92. The topological polar surface area (TPSA) is 104 Å². The molecule has 1 fully saturated rings. The van der Waals surface area contributed by atoms with Gasteiger partial charge in [0.25, 0.3) is 0 Å². The summed E-state index contributed by atoms with van der Waals surface area (Å²) >= 11 is 0. The lowest BCUT2D eigenvalue weighted by Crippen LogP contribution is -2.47. The van der Waals surface area contributed by atoms with Crippen LogP contribution in [0.2, 0.25) is 0 Å². The molecule has 8 heteroatoms. The highest BCUT2D eigenvalue weighted by Gasteiger charge is 2.51. The number of aliphatic carboxylic acids is 1. The zero-order valence-corrected chi connectivity index (χ0v) is 9.87. The second-order valence-corrected chi connectivity index (χ2v) is 6.04. The maximum Gasteiger partial charge on any atom is 0.329 e. The van der Waals surface area contributed by atoms with E-state index in [1.54, 1.807) is 0 Å². The van der Waals surface area contributed by atoms with Crippen molar-refractivity contribution in [2.24, 2.45) is 0 Å². The van der Waals surface area contributed by atoms with Crippen LogP contribution in [-0.2, 0) is 19.6 Å². The maximum absolute atomic E-state index is 11.4. The van der Waals surface area contributed by atoms with E-state index in [4.69, 9.17) is 5.11 Å². The van der Waals surface area contributed by atoms with Crippen LogP contribution in [0.15, 0.2) is 0 Å². The molecular weight excluding hydrogens is 236 g/mol. The minimum absolute atomic E-state index is 0.367. The van der Waals surface area contributed by atoms with Crippen molar-refractivity contribution in [1.29, 1.82) is 0 Å². The van der Waals surface area contributed by atoms with Crippen molar-refractivity contribution in [3.63, 3.8) is 0 Å². The molecule has 0 heterocycles. The monoisotopic (exact) mass is 250 g/mol. The Morgan fingerprint density at radius 3 is 2.25 bits per heavy atom. The Labute approximate surface area is 93.5 Å². The smallest absolute Gasteiger partial charge is 0.329 e. The van der Waals surface area contributed by atoms with E-state index in [-0.39, 0.29) is 6.54 Å². The van der Waals surface area contributed by atoms with Gasteiger partial charge in [0, 0.05) is 7.05 Å². The number of carboxylic acid groups (broad SMARTS) is 1. The molecule has 0 bridgehead atoms. The van der Waals surface area contributed by atoms with E-state index < -0.39 is 27.4 Å². The van der Waals surface area contributed by atoms with Gasteiger partial charge in [-0.1, -0.05) is 0 Å². The lowest BCUT2D eigenvalue weighted by atomic mass is 10.3.